The molecule has 0 saturated heterocycles. The molecule has 2 nitrogen and oxygen atoms in total. The van der Waals surface area contributed by atoms with Crippen LogP contribution in [0.3, 0.4) is 0 Å². The summed E-state index contributed by atoms with van der Waals surface area (Å²) in [6, 6.07) is 15.6. The van der Waals surface area contributed by atoms with Gasteiger partial charge in [-0.2, -0.15) is 0 Å². The molecule has 0 amide bonds. The average Bonchev–Trinajstić information content (AvgIpc) is 2.61. The first-order valence-electron chi connectivity index (χ1n) is 7.95. The number of ketones is 1. The van der Waals surface area contributed by atoms with E-state index in [1.165, 1.54) is 5.56 Å². The third kappa shape index (κ3) is 4.15. The summed E-state index contributed by atoms with van der Waals surface area (Å²) in [7, 11) is 1.65. The van der Waals surface area contributed by atoms with E-state index in [1.807, 2.05) is 60.7 Å². The largest absolute Gasteiger partial charge is 0.497 e. The maximum atomic E-state index is 12.1. The molecule has 2 aromatic carbocycles. The zero-order chi connectivity index (χ0) is 16.9. The van der Waals surface area contributed by atoms with Gasteiger partial charge in [0.2, 0.25) is 0 Å². The van der Waals surface area contributed by atoms with Crippen LogP contribution in [0.1, 0.15) is 29.9 Å². The van der Waals surface area contributed by atoms with E-state index in [9.17, 15) is 4.79 Å². The summed E-state index contributed by atoms with van der Waals surface area (Å²) >= 11 is 5.90. The van der Waals surface area contributed by atoms with Crippen LogP contribution in [0.15, 0.2) is 66.3 Å². The van der Waals surface area contributed by atoms with Crippen molar-refractivity contribution in [3.63, 3.8) is 0 Å². The number of hydrogen-bond donors (Lipinski definition) is 0. The maximum Gasteiger partial charge on any atom is 0.156 e. The van der Waals surface area contributed by atoms with Gasteiger partial charge in [-0.25, -0.2) is 0 Å². The Morgan fingerprint density at radius 3 is 2.38 bits per heavy atom. The van der Waals surface area contributed by atoms with Crippen LogP contribution < -0.4 is 4.74 Å². The van der Waals surface area contributed by atoms with Gasteiger partial charge in [0.15, 0.2) is 5.78 Å². The molecule has 0 fully saturated rings. The van der Waals surface area contributed by atoms with Crippen molar-refractivity contribution in [1.82, 2.24) is 0 Å². The smallest absolute Gasteiger partial charge is 0.156 e. The minimum atomic E-state index is 0.179. The molecule has 1 aliphatic rings. The second-order valence-corrected chi connectivity index (χ2v) is 6.39. The number of allylic oxidation sites excluding steroid dienone is 3. The summed E-state index contributed by atoms with van der Waals surface area (Å²) < 4.78 is 5.20. The minimum absolute atomic E-state index is 0.179. The van der Waals surface area contributed by atoms with E-state index >= 15 is 0 Å². The minimum Gasteiger partial charge on any atom is -0.497 e. The SMILES string of the molecule is COc1ccc([C@H]2CC(=O)C=C(/C=C/c3ccc(Cl)cc3)C2)cc1. The van der Waals surface area contributed by atoms with E-state index in [0.29, 0.717) is 6.42 Å². The van der Waals surface area contributed by atoms with Crippen molar-refractivity contribution in [2.45, 2.75) is 18.8 Å². The van der Waals surface area contributed by atoms with E-state index < -0.39 is 0 Å². The van der Waals surface area contributed by atoms with Gasteiger partial charge in [0.25, 0.3) is 0 Å². The van der Waals surface area contributed by atoms with Gasteiger partial charge >= 0.3 is 0 Å². The molecule has 0 spiro atoms. The van der Waals surface area contributed by atoms with Crippen molar-refractivity contribution in [2.75, 3.05) is 7.11 Å². The number of rotatable bonds is 4. The lowest BCUT2D eigenvalue weighted by Gasteiger charge is -2.21. The second-order valence-electron chi connectivity index (χ2n) is 5.95. The van der Waals surface area contributed by atoms with Gasteiger partial charge in [-0.05, 0) is 59.4 Å². The highest BCUT2D eigenvalue weighted by atomic mass is 35.5. The average molecular weight is 339 g/mol. The molecule has 0 N–H and O–H groups in total. The van der Waals surface area contributed by atoms with Crippen molar-refractivity contribution in [2.24, 2.45) is 0 Å². The first-order valence-corrected chi connectivity index (χ1v) is 8.33. The number of halogens is 1. The molecule has 0 unspecified atom stereocenters. The van der Waals surface area contributed by atoms with Gasteiger partial charge in [0.05, 0.1) is 7.11 Å². The Hall–Kier alpha value is -2.32. The highest BCUT2D eigenvalue weighted by Crippen LogP contribution is 2.33. The summed E-state index contributed by atoms with van der Waals surface area (Å²) in [5.41, 5.74) is 3.30. The van der Waals surface area contributed by atoms with E-state index in [1.54, 1.807) is 13.2 Å². The number of carbonyl (C=O) groups excluding carboxylic acids is 1. The predicted molar refractivity (Wildman–Crippen MR) is 98.5 cm³/mol. The Labute approximate surface area is 147 Å². The van der Waals surface area contributed by atoms with Crippen LogP contribution in [-0.2, 0) is 4.79 Å². The monoisotopic (exact) mass is 338 g/mol. The first-order chi connectivity index (χ1) is 11.6. The molecule has 0 aliphatic heterocycles. The fourth-order valence-electron chi connectivity index (χ4n) is 2.93. The van der Waals surface area contributed by atoms with Gasteiger partial charge in [0.1, 0.15) is 5.75 Å². The highest BCUT2D eigenvalue weighted by Gasteiger charge is 2.21. The van der Waals surface area contributed by atoms with Crippen LogP contribution in [0.4, 0.5) is 0 Å². The summed E-state index contributed by atoms with van der Waals surface area (Å²) in [6.45, 7) is 0. The molecule has 1 aliphatic carbocycles. The zero-order valence-corrected chi connectivity index (χ0v) is 14.3. The highest BCUT2D eigenvalue weighted by molar-refractivity contribution is 6.30. The number of benzene rings is 2. The molecule has 0 bridgehead atoms. The van der Waals surface area contributed by atoms with Crippen LogP contribution >= 0.6 is 11.6 Å². The van der Waals surface area contributed by atoms with E-state index in [2.05, 4.69) is 0 Å². The number of methoxy groups -OCH3 is 1. The topological polar surface area (TPSA) is 26.3 Å². The number of carbonyl (C=O) groups is 1. The van der Waals surface area contributed by atoms with Gasteiger partial charge in [0, 0.05) is 11.4 Å². The molecule has 24 heavy (non-hydrogen) atoms. The van der Waals surface area contributed by atoms with E-state index in [4.69, 9.17) is 16.3 Å². The molecule has 122 valence electrons. The lowest BCUT2D eigenvalue weighted by atomic mass is 9.83. The standard InChI is InChI=1S/C21H19ClO2/c1-24-21-10-6-17(7-11-21)18-12-16(13-20(23)14-18)3-2-15-4-8-19(22)9-5-15/h2-11,13,18H,12,14H2,1H3/b3-2+/t18-/m1/s1. The van der Waals surface area contributed by atoms with Crippen molar-refractivity contribution < 1.29 is 9.53 Å². The number of ether oxygens (including phenoxy) is 1. The summed E-state index contributed by atoms with van der Waals surface area (Å²) in [5.74, 6) is 1.23. The number of hydrogen-bond acceptors (Lipinski definition) is 2. The normalized spacial score (nSPS) is 17.8. The van der Waals surface area contributed by atoms with Gasteiger partial charge in [-0.3, -0.25) is 4.79 Å². The molecular weight excluding hydrogens is 320 g/mol. The maximum absolute atomic E-state index is 12.1. The van der Waals surface area contributed by atoms with Gasteiger partial charge < -0.3 is 4.74 Å². The summed E-state index contributed by atoms with van der Waals surface area (Å²) in [5, 5.41) is 0.721. The molecule has 0 radical (unpaired) electrons. The summed E-state index contributed by atoms with van der Waals surface area (Å²) in [6.07, 6.45) is 7.22. The quantitative estimate of drug-likeness (QED) is 0.742. The molecule has 0 heterocycles. The van der Waals surface area contributed by atoms with Gasteiger partial charge in [-0.1, -0.05) is 48.0 Å². The van der Waals surface area contributed by atoms with Crippen LogP contribution in [0.25, 0.3) is 6.08 Å². The Morgan fingerprint density at radius 1 is 1.00 bits per heavy atom. The Morgan fingerprint density at radius 2 is 1.71 bits per heavy atom. The molecular formula is C21H19ClO2. The molecule has 3 heteroatoms. The van der Waals surface area contributed by atoms with Crippen LogP contribution in [-0.4, -0.2) is 12.9 Å². The van der Waals surface area contributed by atoms with Crippen molar-refractivity contribution in [3.05, 3.63) is 82.4 Å². The van der Waals surface area contributed by atoms with Crippen molar-refractivity contribution >= 4 is 23.5 Å². The third-order valence-electron chi connectivity index (χ3n) is 4.22. The first kappa shape index (κ1) is 16.5. The Balaban J connectivity index is 1.74. The van der Waals surface area contributed by atoms with Gasteiger partial charge in [-0.15, -0.1) is 0 Å². The van der Waals surface area contributed by atoms with Crippen LogP contribution in [0, 0.1) is 0 Å². The molecule has 2 aromatic rings. The third-order valence-corrected chi connectivity index (χ3v) is 4.48. The molecule has 0 saturated carbocycles. The van der Waals surface area contributed by atoms with E-state index in [0.717, 1.165) is 28.3 Å². The molecule has 3 rings (SSSR count). The molecule has 1 atom stereocenters. The van der Waals surface area contributed by atoms with Crippen LogP contribution in [0.2, 0.25) is 5.02 Å². The Bertz CT molecular complexity index is 770. The van der Waals surface area contributed by atoms with Crippen molar-refractivity contribution in [1.29, 1.82) is 0 Å². The lowest BCUT2D eigenvalue weighted by Crippen LogP contribution is -2.12. The Kier molecular flexibility index (Phi) is 5.17. The van der Waals surface area contributed by atoms with Crippen LogP contribution in [0.5, 0.6) is 5.75 Å². The lowest BCUT2D eigenvalue weighted by molar-refractivity contribution is -0.115. The predicted octanol–water partition coefficient (Wildman–Crippen LogP) is 5.43. The zero-order valence-electron chi connectivity index (χ0n) is 13.5. The molecule has 0 aromatic heterocycles. The van der Waals surface area contributed by atoms with E-state index in [-0.39, 0.29) is 11.7 Å². The fraction of sp³-hybridized carbons (Fsp3) is 0.190. The second kappa shape index (κ2) is 7.50. The van der Waals surface area contributed by atoms with Crippen molar-refractivity contribution in [3.8, 4) is 5.75 Å². The summed E-state index contributed by atoms with van der Waals surface area (Å²) in [4.78, 5) is 12.1. The fourth-order valence-corrected chi connectivity index (χ4v) is 3.06.